The van der Waals surface area contributed by atoms with Crippen molar-refractivity contribution in [1.29, 1.82) is 0 Å². The Labute approximate surface area is 180 Å². The van der Waals surface area contributed by atoms with E-state index in [1.54, 1.807) is 14.0 Å². The second-order valence-corrected chi connectivity index (χ2v) is 16.3. The van der Waals surface area contributed by atoms with Crippen molar-refractivity contribution in [1.82, 2.24) is 9.55 Å². The van der Waals surface area contributed by atoms with Gasteiger partial charge in [0.25, 0.3) is 0 Å². The van der Waals surface area contributed by atoms with E-state index in [1.165, 1.54) is 19.5 Å². The van der Waals surface area contributed by atoms with Gasteiger partial charge in [-0.15, -0.1) is 0 Å². The molecule has 1 aromatic heterocycles. The van der Waals surface area contributed by atoms with E-state index in [0.717, 1.165) is 12.2 Å². The van der Waals surface area contributed by atoms with Crippen molar-refractivity contribution in [3.05, 3.63) is 23.9 Å². The normalized spacial score (nSPS) is 12.0. The van der Waals surface area contributed by atoms with Gasteiger partial charge in [-0.05, 0) is 0 Å². The first-order valence-corrected chi connectivity index (χ1v) is 14.5. The molecule has 0 fully saturated rings. The van der Waals surface area contributed by atoms with Crippen LogP contribution in [0.25, 0.3) is 10.9 Å². The molecule has 1 heterocycles. The molecule has 0 aliphatic carbocycles. The zero-order chi connectivity index (χ0) is 19.0. The van der Waals surface area contributed by atoms with Crippen LogP contribution in [0.2, 0.25) is 18.1 Å². The molecule has 0 radical (unpaired) electrons. The Morgan fingerprint density at radius 1 is 1.31 bits per heavy atom. The Kier molecular flexibility index (Phi) is 7.83. The number of methoxy groups -OCH3 is 1. The molecule has 1 aromatic carbocycles. The van der Waals surface area contributed by atoms with E-state index in [1.807, 2.05) is 0 Å². The van der Waals surface area contributed by atoms with Crippen molar-refractivity contribution in [3.8, 4) is 5.75 Å². The molecule has 1 N–H and O–H groups in total. The Morgan fingerprint density at radius 2 is 1.92 bits per heavy atom. The molecule has 0 saturated carbocycles. The van der Waals surface area contributed by atoms with Crippen LogP contribution in [-0.2, 0) is 37.3 Å². The zero-order valence-electron chi connectivity index (χ0n) is 17.0. The van der Waals surface area contributed by atoms with Crippen LogP contribution < -0.4 is 25.5 Å². The molecular formula is C19H29ClHgN2O2Si. The summed E-state index contributed by atoms with van der Waals surface area (Å²) >= 11 is 0.504. The van der Waals surface area contributed by atoms with Crippen molar-refractivity contribution in [2.45, 2.75) is 52.2 Å². The van der Waals surface area contributed by atoms with Crippen molar-refractivity contribution < 1.29 is 48.1 Å². The number of rotatable bonds is 5. The van der Waals surface area contributed by atoms with Gasteiger partial charge in [0.2, 0.25) is 0 Å². The maximum absolute atomic E-state index is 11.2. The summed E-state index contributed by atoms with van der Waals surface area (Å²) in [6, 6.07) is 4.53. The number of aromatic nitrogens is 1. The third-order valence-electron chi connectivity index (χ3n) is 5.50. The Hall–Kier alpha value is -0.528. The fourth-order valence-electron chi connectivity index (χ4n) is 2.95. The second kappa shape index (κ2) is 8.65. The molecule has 7 heteroatoms. The van der Waals surface area contributed by atoms with E-state index in [0.29, 0.717) is 32.7 Å². The summed E-state index contributed by atoms with van der Waals surface area (Å²) < 4.78 is 9.50. The molecule has 2 aromatic rings. The second-order valence-electron chi connectivity index (χ2n) is 8.25. The topological polar surface area (TPSA) is 43.3 Å². The smallest absolute Gasteiger partial charge is 1.00 e. The number of carbonyl (C=O) groups excluding carboxylic acids is 1. The standard InChI is InChI=1S/C19H29N2O2Si.ClH.Hg/c1-14(22)20-11-10-15-13-21(24(6,7)19(2,3)4)18-9-8-16(23-5)12-17(15)18;;/h9,12-13H,10-11H2,1-7H3,(H,20,22);1H;/q;;+1/p-1. The average Bonchev–Trinajstić information content (AvgIpc) is 2.83. The molecule has 1 amide bonds. The van der Waals surface area contributed by atoms with Gasteiger partial charge in [-0.25, -0.2) is 0 Å². The largest absolute Gasteiger partial charge is 1.00 e. The third-order valence-corrected chi connectivity index (χ3v) is 12.9. The van der Waals surface area contributed by atoms with Crippen molar-refractivity contribution in [3.63, 3.8) is 0 Å². The summed E-state index contributed by atoms with van der Waals surface area (Å²) in [7, 11) is 0.0233. The molecule has 0 aliphatic rings. The number of halogens is 1. The average molecular weight is 582 g/mol. The first-order chi connectivity index (χ1) is 11.5. The van der Waals surface area contributed by atoms with E-state index in [2.05, 4.69) is 61.7 Å². The number of nitrogens with one attached hydrogen (secondary N) is 1. The van der Waals surface area contributed by atoms with E-state index in [9.17, 15) is 4.79 Å². The molecule has 2 rings (SSSR count). The fourth-order valence-corrected chi connectivity index (χ4v) is 6.65. The summed E-state index contributed by atoms with van der Waals surface area (Å²) in [5.74, 6) is 1.03. The first-order valence-electron chi connectivity index (χ1n) is 8.78. The van der Waals surface area contributed by atoms with E-state index in [4.69, 9.17) is 4.74 Å². The molecule has 26 heavy (non-hydrogen) atoms. The molecule has 0 aliphatic heterocycles. The SMILES string of the molecule is COc1cc2c(CCNC(C)=O)cn([Si](C)(C)C(C)(C)C)c2c[c]1[Hg+].[Cl-]. The number of hydrogen-bond acceptors (Lipinski definition) is 2. The Balaban J connectivity index is 0.00000338. The summed E-state index contributed by atoms with van der Waals surface area (Å²) in [6.07, 6.45) is 3.17. The summed E-state index contributed by atoms with van der Waals surface area (Å²) in [6.45, 7) is 14.1. The van der Waals surface area contributed by atoms with Crippen LogP contribution in [0.1, 0.15) is 33.3 Å². The number of benzene rings is 1. The van der Waals surface area contributed by atoms with Gasteiger partial charge in [-0.1, -0.05) is 0 Å². The number of nitrogens with zero attached hydrogens (tertiary/aromatic N) is 1. The van der Waals surface area contributed by atoms with Crippen LogP contribution in [0, 0.1) is 0 Å². The number of hydrogen-bond donors (Lipinski definition) is 1. The molecule has 140 valence electrons. The molecule has 0 spiro atoms. The third kappa shape index (κ3) is 4.65. The number of carbonyl (C=O) groups is 1. The minimum atomic E-state index is -1.73. The van der Waals surface area contributed by atoms with Gasteiger partial charge in [0.1, 0.15) is 0 Å². The van der Waals surface area contributed by atoms with Gasteiger partial charge < -0.3 is 12.4 Å². The molecule has 4 nitrogen and oxygen atoms in total. The quantitative estimate of drug-likeness (QED) is 0.519. The number of amides is 1. The van der Waals surface area contributed by atoms with Crippen LogP contribution in [0.4, 0.5) is 0 Å². The van der Waals surface area contributed by atoms with Gasteiger partial charge in [-0.3, -0.25) is 0 Å². The monoisotopic (exact) mass is 582 g/mol. The summed E-state index contributed by atoms with van der Waals surface area (Å²) in [4.78, 5) is 11.2. The predicted molar refractivity (Wildman–Crippen MR) is 103 cm³/mol. The van der Waals surface area contributed by atoms with Gasteiger partial charge in [-0.2, -0.15) is 0 Å². The van der Waals surface area contributed by atoms with Crippen molar-refractivity contribution in [2.24, 2.45) is 0 Å². The first kappa shape index (κ1) is 23.5. The van der Waals surface area contributed by atoms with Gasteiger partial charge in [0, 0.05) is 0 Å². The molecule has 0 unspecified atom stereocenters. The van der Waals surface area contributed by atoms with E-state index >= 15 is 0 Å². The maximum atomic E-state index is 11.2. The van der Waals surface area contributed by atoms with E-state index in [-0.39, 0.29) is 23.4 Å². The van der Waals surface area contributed by atoms with Crippen LogP contribution in [0.5, 0.6) is 5.75 Å². The van der Waals surface area contributed by atoms with Gasteiger partial charge in [0.15, 0.2) is 0 Å². The van der Waals surface area contributed by atoms with Gasteiger partial charge >= 0.3 is 169 Å². The summed E-state index contributed by atoms with van der Waals surface area (Å²) in [5.41, 5.74) is 2.62. The predicted octanol–water partition coefficient (Wildman–Crippen LogP) is 0.358. The van der Waals surface area contributed by atoms with Crippen LogP contribution in [0.15, 0.2) is 18.3 Å². The fraction of sp³-hybridized carbons (Fsp3) is 0.526. The Bertz CT molecular complexity index is 797. The van der Waals surface area contributed by atoms with Crippen LogP contribution in [0.3, 0.4) is 0 Å². The molecule has 0 saturated heterocycles. The zero-order valence-corrected chi connectivity index (χ0v) is 24.2. The minimum Gasteiger partial charge on any atom is -1.00 e. The minimum absolute atomic E-state index is 0. The Morgan fingerprint density at radius 3 is 2.42 bits per heavy atom. The van der Waals surface area contributed by atoms with Crippen molar-refractivity contribution >= 4 is 28.1 Å². The maximum Gasteiger partial charge on any atom is -1.00 e. The van der Waals surface area contributed by atoms with Crippen LogP contribution in [-0.4, -0.2) is 32.0 Å². The molecule has 0 bridgehead atoms. The van der Waals surface area contributed by atoms with Crippen LogP contribution >= 0.6 is 0 Å². The van der Waals surface area contributed by atoms with E-state index < -0.39 is 8.24 Å². The summed E-state index contributed by atoms with van der Waals surface area (Å²) in [5, 5.41) is 4.44. The number of fused-ring (bicyclic) bond motifs is 1. The van der Waals surface area contributed by atoms with Gasteiger partial charge in [0.05, 0.1) is 0 Å². The van der Waals surface area contributed by atoms with Crippen molar-refractivity contribution in [2.75, 3.05) is 13.7 Å². The molecule has 0 atom stereocenters. The molecular weight excluding hydrogens is 552 g/mol. The number of ether oxygens (including phenoxy) is 1.